The molecule has 27 heavy (non-hydrogen) atoms. The first kappa shape index (κ1) is 21.0. The molecule has 1 aromatic rings. The van der Waals surface area contributed by atoms with Crippen molar-refractivity contribution in [2.45, 2.75) is 37.8 Å². The van der Waals surface area contributed by atoms with E-state index in [1.165, 1.54) is 24.0 Å². The number of nitro groups is 1. The summed E-state index contributed by atoms with van der Waals surface area (Å²) in [6.07, 6.45) is 8.82. The van der Waals surface area contributed by atoms with Crippen molar-refractivity contribution in [3.8, 4) is 0 Å². The van der Waals surface area contributed by atoms with E-state index in [2.05, 4.69) is 10.3 Å². The van der Waals surface area contributed by atoms with E-state index in [0.717, 1.165) is 5.57 Å². The molecule has 0 aromatic carbocycles. The van der Waals surface area contributed by atoms with E-state index in [0.29, 0.717) is 22.9 Å². The number of nitrogens with zero attached hydrogens (tertiary/aromatic N) is 2. The Morgan fingerprint density at radius 1 is 1.48 bits per heavy atom. The predicted octanol–water partition coefficient (Wildman–Crippen LogP) is 5.03. The van der Waals surface area contributed by atoms with Gasteiger partial charge in [0.2, 0.25) is 0 Å². The van der Waals surface area contributed by atoms with Crippen molar-refractivity contribution >= 4 is 35.1 Å². The zero-order valence-electron chi connectivity index (χ0n) is 15.2. The van der Waals surface area contributed by atoms with Crippen LogP contribution in [0, 0.1) is 10.1 Å². The average Bonchev–Trinajstić information content (AvgIpc) is 2.77. The highest BCUT2D eigenvalue weighted by molar-refractivity contribution is 7.99. The summed E-state index contributed by atoms with van der Waals surface area (Å²) in [7, 11) is 0. The van der Waals surface area contributed by atoms with E-state index in [-0.39, 0.29) is 10.7 Å². The summed E-state index contributed by atoms with van der Waals surface area (Å²) in [6.45, 7) is 5.39. The van der Waals surface area contributed by atoms with Crippen LogP contribution in [0.2, 0.25) is 5.02 Å². The zero-order valence-corrected chi connectivity index (χ0v) is 16.8. The third kappa shape index (κ3) is 7.07. The van der Waals surface area contributed by atoms with E-state index in [1.54, 1.807) is 26.8 Å². The Hall–Kier alpha value is -2.32. The minimum absolute atomic E-state index is 0.111. The van der Waals surface area contributed by atoms with Gasteiger partial charge in [-0.3, -0.25) is 15.4 Å². The van der Waals surface area contributed by atoms with Gasteiger partial charge in [-0.25, -0.2) is 9.78 Å². The number of amides is 1. The molecule has 1 aromatic heterocycles. The lowest BCUT2D eigenvalue weighted by Crippen LogP contribution is -2.31. The molecular formula is C18H20ClN3O4S. The van der Waals surface area contributed by atoms with Crippen LogP contribution >= 0.6 is 23.4 Å². The van der Waals surface area contributed by atoms with Gasteiger partial charge in [0.1, 0.15) is 5.60 Å². The number of pyridine rings is 1. The van der Waals surface area contributed by atoms with Gasteiger partial charge in [0.25, 0.3) is 0 Å². The van der Waals surface area contributed by atoms with Crippen LogP contribution in [0.4, 0.5) is 10.5 Å². The van der Waals surface area contributed by atoms with Crippen LogP contribution in [0.3, 0.4) is 0 Å². The molecule has 0 aliphatic heterocycles. The largest absolute Gasteiger partial charge is 0.444 e. The molecule has 0 radical (unpaired) electrons. The topological polar surface area (TPSA) is 94.4 Å². The number of rotatable bonds is 5. The van der Waals surface area contributed by atoms with Crippen molar-refractivity contribution in [2.24, 2.45) is 0 Å². The highest BCUT2D eigenvalue weighted by Crippen LogP contribution is 2.31. The number of hydrogen-bond donors (Lipinski definition) is 1. The Bertz CT molecular complexity index is 828. The third-order valence-corrected chi connectivity index (χ3v) is 4.54. The molecule has 0 unspecified atom stereocenters. The van der Waals surface area contributed by atoms with Crippen LogP contribution in [0.25, 0.3) is 0 Å². The molecular weight excluding hydrogens is 390 g/mol. The lowest BCUT2D eigenvalue weighted by molar-refractivity contribution is -0.388. The fourth-order valence-corrected chi connectivity index (χ4v) is 3.20. The third-order valence-electron chi connectivity index (χ3n) is 3.23. The Kier molecular flexibility index (Phi) is 7.04. The quantitative estimate of drug-likeness (QED) is 0.416. The molecule has 0 bridgehead atoms. The van der Waals surface area contributed by atoms with Gasteiger partial charge in [-0.1, -0.05) is 47.2 Å². The molecule has 0 fully saturated rings. The Morgan fingerprint density at radius 2 is 2.22 bits per heavy atom. The number of allylic oxidation sites excluding steroid dienone is 4. The van der Waals surface area contributed by atoms with Crippen LogP contribution in [-0.2, 0) is 4.74 Å². The molecule has 0 spiro atoms. The number of hydrogen-bond acceptors (Lipinski definition) is 6. The molecule has 9 heteroatoms. The maximum atomic E-state index is 11.8. The molecule has 1 aliphatic carbocycles. The molecule has 144 valence electrons. The summed E-state index contributed by atoms with van der Waals surface area (Å²) in [5, 5.41) is 14.4. The van der Waals surface area contributed by atoms with Crippen LogP contribution in [0.15, 0.2) is 52.9 Å². The molecule has 1 amide bonds. The second kappa shape index (κ2) is 9.05. The number of carbonyl (C=O) groups excluding carboxylic acids is 1. The van der Waals surface area contributed by atoms with Crippen molar-refractivity contribution in [3.63, 3.8) is 0 Å². The van der Waals surface area contributed by atoms with E-state index in [4.69, 9.17) is 16.3 Å². The fraction of sp³-hybridized carbons (Fsp3) is 0.333. The van der Waals surface area contributed by atoms with Crippen molar-refractivity contribution in [2.75, 3.05) is 5.75 Å². The molecule has 7 nitrogen and oxygen atoms in total. The van der Waals surface area contributed by atoms with Gasteiger partial charge >= 0.3 is 11.8 Å². The summed E-state index contributed by atoms with van der Waals surface area (Å²) in [5.74, 6) is 0.524. The first-order chi connectivity index (χ1) is 12.6. The number of aromatic nitrogens is 1. The molecule has 1 N–H and O–H groups in total. The van der Waals surface area contributed by atoms with Crippen LogP contribution in [0.5, 0.6) is 0 Å². The highest BCUT2D eigenvalue weighted by Gasteiger charge is 2.18. The number of ether oxygens (including phenoxy) is 1. The van der Waals surface area contributed by atoms with Crippen molar-refractivity contribution in [1.82, 2.24) is 10.3 Å². The van der Waals surface area contributed by atoms with Crippen molar-refractivity contribution in [1.29, 1.82) is 0 Å². The molecule has 1 heterocycles. The Labute approximate surface area is 166 Å². The van der Waals surface area contributed by atoms with E-state index in [9.17, 15) is 14.9 Å². The van der Waals surface area contributed by atoms with Crippen LogP contribution < -0.4 is 5.32 Å². The SMILES string of the molecule is CC(C)(C)OC(=O)NC1=CCC(CSc2ncc(Cl)cc2[N+](=O)[O-])=CC=C1. The molecule has 1 aliphatic rings. The van der Waals surface area contributed by atoms with Gasteiger partial charge in [0, 0.05) is 23.7 Å². The van der Waals surface area contributed by atoms with Gasteiger partial charge < -0.3 is 4.74 Å². The van der Waals surface area contributed by atoms with Crippen molar-refractivity contribution in [3.05, 3.63) is 63.0 Å². The number of carbonyl (C=O) groups is 1. The average molecular weight is 410 g/mol. The maximum Gasteiger partial charge on any atom is 0.412 e. The maximum absolute atomic E-state index is 11.8. The summed E-state index contributed by atoms with van der Waals surface area (Å²) in [6, 6.07) is 1.29. The molecule has 0 saturated heterocycles. The number of alkyl carbamates (subject to hydrolysis) is 1. The minimum Gasteiger partial charge on any atom is -0.444 e. The van der Waals surface area contributed by atoms with E-state index >= 15 is 0 Å². The second-order valence-electron chi connectivity index (χ2n) is 6.70. The molecule has 0 saturated carbocycles. The summed E-state index contributed by atoms with van der Waals surface area (Å²) >= 11 is 7.05. The monoisotopic (exact) mass is 409 g/mol. The van der Waals surface area contributed by atoms with Crippen molar-refractivity contribution < 1.29 is 14.5 Å². The fourth-order valence-electron chi connectivity index (χ4n) is 2.11. The van der Waals surface area contributed by atoms with E-state index in [1.807, 2.05) is 18.2 Å². The lowest BCUT2D eigenvalue weighted by atomic mass is 10.2. The second-order valence-corrected chi connectivity index (χ2v) is 8.10. The Morgan fingerprint density at radius 3 is 2.89 bits per heavy atom. The molecule has 0 atom stereocenters. The van der Waals surface area contributed by atoms with Crippen LogP contribution in [0.1, 0.15) is 27.2 Å². The smallest absolute Gasteiger partial charge is 0.412 e. The number of nitrogens with one attached hydrogen (secondary N) is 1. The first-order valence-corrected chi connectivity index (χ1v) is 9.49. The Balaban J connectivity index is 1.96. The van der Waals surface area contributed by atoms with Gasteiger partial charge in [-0.2, -0.15) is 0 Å². The number of halogens is 1. The normalized spacial score (nSPS) is 14.1. The van der Waals surface area contributed by atoms with E-state index < -0.39 is 16.6 Å². The summed E-state index contributed by atoms with van der Waals surface area (Å²) < 4.78 is 5.23. The standard InChI is InChI=1S/C18H20ClN3O4S/c1-18(2,3)26-17(23)21-14-6-4-5-12(7-8-14)11-27-16-15(22(24)25)9-13(19)10-20-16/h4-6,8-10H,7,11H2,1-3H3,(H,21,23). The first-order valence-electron chi connectivity index (χ1n) is 8.13. The zero-order chi connectivity index (χ0) is 20.0. The highest BCUT2D eigenvalue weighted by atomic mass is 35.5. The predicted molar refractivity (Wildman–Crippen MR) is 106 cm³/mol. The van der Waals surface area contributed by atoms with Gasteiger partial charge in [0.05, 0.1) is 9.95 Å². The lowest BCUT2D eigenvalue weighted by Gasteiger charge is -2.19. The summed E-state index contributed by atoms with van der Waals surface area (Å²) in [5.41, 5.74) is 0.985. The summed E-state index contributed by atoms with van der Waals surface area (Å²) in [4.78, 5) is 26.5. The van der Waals surface area contributed by atoms with Gasteiger partial charge in [0.15, 0.2) is 5.03 Å². The van der Waals surface area contributed by atoms with Gasteiger partial charge in [-0.15, -0.1) is 0 Å². The molecule has 2 rings (SSSR count). The van der Waals surface area contributed by atoms with Crippen LogP contribution in [-0.4, -0.2) is 27.4 Å². The van der Waals surface area contributed by atoms with Gasteiger partial charge in [-0.05, 0) is 33.3 Å². The number of thioether (sulfide) groups is 1. The minimum atomic E-state index is -0.570.